The average Bonchev–Trinajstić information content (AvgIpc) is 2.74. The van der Waals surface area contributed by atoms with E-state index in [0.29, 0.717) is 6.03 Å². The number of likely N-dealkylation sites (tertiary alicyclic amines) is 2. The lowest BCUT2D eigenvalue weighted by molar-refractivity contribution is 0.0933. The Hall–Kier alpha value is -0.810. The number of nitrogens with zero attached hydrogens (tertiary/aromatic N) is 4. The van der Waals surface area contributed by atoms with Gasteiger partial charge in [-0.3, -0.25) is 4.90 Å². The molecule has 3 fully saturated rings. The van der Waals surface area contributed by atoms with Crippen LogP contribution in [0, 0.1) is 23.7 Å². The van der Waals surface area contributed by atoms with Crippen molar-refractivity contribution in [3.63, 3.8) is 0 Å². The summed E-state index contributed by atoms with van der Waals surface area (Å²) in [5.41, 5.74) is 0. The molecule has 0 spiro atoms. The van der Waals surface area contributed by atoms with Crippen molar-refractivity contribution < 1.29 is 4.79 Å². The van der Waals surface area contributed by atoms with Gasteiger partial charge >= 0.3 is 6.03 Å². The summed E-state index contributed by atoms with van der Waals surface area (Å²) in [5.74, 6) is 3.33. The Labute approximate surface area is 179 Å². The summed E-state index contributed by atoms with van der Waals surface area (Å²) in [6, 6.07) is 0.292. The highest BCUT2D eigenvalue weighted by molar-refractivity contribution is 5.74. The zero-order valence-corrected chi connectivity index (χ0v) is 19.6. The quantitative estimate of drug-likeness (QED) is 0.671. The first kappa shape index (κ1) is 22.9. The van der Waals surface area contributed by atoms with Crippen molar-refractivity contribution in [2.75, 3.05) is 65.4 Å². The van der Waals surface area contributed by atoms with Crippen molar-refractivity contribution in [3.05, 3.63) is 0 Å². The van der Waals surface area contributed by atoms with E-state index in [4.69, 9.17) is 0 Å². The maximum absolute atomic E-state index is 12.9. The number of piperazine rings is 1. The van der Waals surface area contributed by atoms with E-state index in [9.17, 15) is 4.79 Å². The fourth-order valence-corrected chi connectivity index (χ4v) is 5.48. The number of rotatable bonds is 6. The van der Waals surface area contributed by atoms with Gasteiger partial charge in [0.05, 0.1) is 0 Å². The molecule has 0 saturated carbocycles. The molecule has 3 heterocycles. The van der Waals surface area contributed by atoms with Crippen LogP contribution in [0.15, 0.2) is 0 Å². The molecule has 0 aliphatic carbocycles. The van der Waals surface area contributed by atoms with Crippen LogP contribution in [0.1, 0.15) is 59.8 Å². The van der Waals surface area contributed by atoms with Crippen molar-refractivity contribution in [2.45, 2.75) is 59.8 Å². The second-order valence-corrected chi connectivity index (χ2v) is 10.5. The average molecular weight is 407 g/mol. The lowest BCUT2D eigenvalue weighted by atomic mass is 9.87. The van der Waals surface area contributed by atoms with Crippen LogP contribution in [0.2, 0.25) is 0 Å². The van der Waals surface area contributed by atoms with Crippen molar-refractivity contribution in [2.24, 2.45) is 23.7 Å². The number of carbonyl (C=O) groups excluding carboxylic acids is 1. The number of hydrogen-bond donors (Lipinski definition) is 0. The maximum Gasteiger partial charge on any atom is 0.320 e. The van der Waals surface area contributed by atoms with E-state index in [0.717, 1.165) is 62.9 Å². The Morgan fingerprint density at radius 2 is 1.07 bits per heavy atom. The van der Waals surface area contributed by atoms with Crippen LogP contribution < -0.4 is 0 Å². The Kier molecular flexibility index (Phi) is 8.67. The van der Waals surface area contributed by atoms with Crippen LogP contribution in [0.4, 0.5) is 4.79 Å². The zero-order chi connectivity index (χ0) is 20.8. The third kappa shape index (κ3) is 6.58. The minimum Gasteiger partial charge on any atom is -0.325 e. The highest BCUT2D eigenvalue weighted by atomic mass is 16.2. The summed E-state index contributed by atoms with van der Waals surface area (Å²) in [6.07, 6.45) is 6.39. The lowest BCUT2D eigenvalue weighted by Gasteiger charge is -2.40. The zero-order valence-electron chi connectivity index (χ0n) is 19.6. The summed E-state index contributed by atoms with van der Waals surface area (Å²) >= 11 is 0. The van der Waals surface area contributed by atoms with Crippen molar-refractivity contribution in [1.82, 2.24) is 19.6 Å². The standard InChI is InChI=1S/C24H46N4O/c1-20(2)22-6-12-25(13-7-22)10-5-11-26-16-18-28(19-17-26)24(29)27-14-8-23(9-15-27)21(3)4/h20-23H,5-19H2,1-4H3. The van der Waals surface area contributed by atoms with Crippen LogP contribution in [0.3, 0.4) is 0 Å². The van der Waals surface area contributed by atoms with Crippen molar-refractivity contribution in [1.29, 1.82) is 0 Å². The molecule has 0 unspecified atom stereocenters. The molecule has 0 N–H and O–H groups in total. The molecule has 3 rings (SSSR count). The predicted octanol–water partition coefficient (Wildman–Crippen LogP) is 3.85. The molecule has 0 aromatic heterocycles. The second-order valence-electron chi connectivity index (χ2n) is 10.5. The summed E-state index contributed by atoms with van der Waals surface area (Å²) < 4.78 is 0. The van der Waals surface area contributed by atoms with Crippen LogP contribution in [0.5, 0.6) is 0 Å². The normalized spacial score (nSPS) is 24.1. The Morgan fingerprint density at radius 1 is 0.655 bits per heavy atom. The molecule has 0 aromatic carbocycles. The van der Waals surface area contributed by atoms with Crippen molar-refractivity contribution >= 4 is 6.03 Å². The molecule has 3 saturated heterocycles. The van der Waals surface area contributed by atoms with E-state index >= 15 is 0 Å². The largest absolute Gasteiger partial charge is 0.325 e. The van der Waals surface area contributed by atoms with Gasteiger partial charge in [0, 0.05) is 39.3 Å². The van der Waals surface area contributed by atoms with E-state index in [-0.39, 0.29) is 0 Å². The molecular formula is C24H46N4O. The first-order valence-electron chi connectivity index (χ1n) is 12.4. The van der Waals surface area contributed by atoms with Crippen LogP contribution in [-0.4, -0.2) is 91.1 Å². The SMILES string of the molecule is CC(C)C1CCN(CCCN2CCN(C(=O)N3CCC(C(C)C)CC3)CC2)CC1. The molecule has 5 nitrogen and oxygen atoms in total. The van der Waals surface area contributed by atoms with Gasteiger partial charge in [0.1, 0.15) is 0 Å². The fraction of sp³-hybridized carbons (Fsp3) is 0.958. The van der Waals surface area contributed by atoms with Gasteiger partial charge in [-0.1, -0.05) is 27.7 Å². The third-order valence-corrected chi connectivity index (χ3v) is 7.92. The molecule has 0 radical (unpaired) electrons. The Bertz CT molecular complexity index is 485. The molecular weight excluding hydrogens is 360 g/mol. The first-order valence-corrected chi connectivity index (χ1v) is 12.4. The number of carbonyl (C=O) groups is 1. The molecule has 3 aliphatic heterocycles. The Balaban J connectivity index is 1.28. The smallest absolute Gasteiger partial charge is 0.320 e. The van der Waals surface area contributed by atoms with E-state index in [1.54, 1.807) is 0 Å². The molecule has 2 amide bonds. The summed E-state index contributed by atoms with van der Waals surface area (Å²) in [6.45, 7) is 20.2. The molecule has 3 aliphatic rings. The number of hydrogen-bond acceptors (Lipinski definition) is 3. The maximum atomic E-state index is 12.9. The van der Waals surface area contributed by atoms with E-state index in [2.05, 4.69) is 47.3 Å². The van der Waals surface area contributed by atoms with Gasteiger partial charge in [0.15, 0.2) is 0 Å². The van der Waals surface area contributed by atoms with Crippen LogP contribution in [0.25, 0.3) is 0 Å². The van der Waals surface area contributed by atoms with Crippen molar-refractivity contribution in [3.8, 4) is 0 Å². The van der Waals surface area contributed by atoms with Gasteiger partial charge in [0.25, 0.3) is 0 Å². The second kappa shape index (κ2) is 11.0. The summed E-state index contributed by atoms with van der Waals surface area (Å²) in [5, 5.41) is 0. The minimum atomic E-state index is 0.292. The summed E-state index contributed by atoms with van der Waals surface area (Å²) in [4.78, 5) is 22.3. The predicted molar refractivity (Wildman–Crippen MR) is 121 cm³/mol. The highest BCUT2D eigenvalue weighted by Gasteiger charge is 2.29. The molecule has 0 atom stereocenters. The van der Waals surface area contributed by atoms with Gasteiger partial charge in [0.2, 0.25) is 0 Å². The van der Waals surface area contributed by atoms with Crippen LogP contribution in [-0.2, 0) is 0 Å². The monoisotopic (exact) mass is 406 g/mol. The van der Waals surface area contributed by atoms with Gasteiger partial charge in [-0.15, -0.1) is 0 Å². The lowest BCUT2D eigenvalue weighted by Crippen LogP contribution is -2.54. The third-order valence-electron chi connectivity index (χ3n) is 7.92. The number of urea groups is 1. The van der Waals surface area contributed by atoms with E-state index in [1.807, 2.05) is 0 Å². The van der Waals surface area contributed by atoms with Gasteiger partial charge in [-0.2, -0.15) is 0 Å². The number of amides is 2. The van der Waals surface area contributed by atoms with E-state index in [1.165, 1.54) is 58.3 Å². The molecule has 0 aromatic rings. The highest BCUT2D eigenvalue weighted by Crippen LogP contribution is 2.26. The van der Waals surface area contributed by atoms with Crippen LogP contribution >= 0.6 is 0 Å². The molecule has 168 valence electrons. The van der Waals surface area contributed by atoms with Gasteiger partial charge in [-0.25, -0.2) is 4.79 Å². The molecule has 29 heavy (non-hydrogen) atoms. The summed E-state index contributed by atoms with van der Waals surface area (Å²) in [7, 11) is 0. The fourth-order valence-electron chi connectivity index (χ4n) is 5.48. The minimum absolute atomic E-state index is 0.292. The molecule has 0 bridgehead atoms. The number of piperidine rings is 2. The first-order chi connectivity index (χ1) is 13.9. The van der Waals surface area contributed by atoms with E-state index < -0.39 is 0 Å². The topological polar surface area (TPSA) is 30.0 Å². The Morgan fingerprint density at radius 3 is 1.55 bits per heavy atom. The van der Waals surface area contributed by atoms with Gasteiger partial charge in [-0.05, 0) is 82.0 Å². The van der Waals surface area contributed by atoms with Gasteiger partial charge < -0.3 is 14.7 Å². The molecule has 5 heteroatoms.